The van der Waals surface area contributed by atoms with Crippen LogP contribution in [0.4, 0.5) is 14.9 Å². The molecular weight excluding hydrogens is 463 g/mol. The van der Waals surface area contributed by atoms with Gasteiger partial charge in [0.1, 0.15) is 5.60 Å². The van der Waals surface area contributed by atoms with E-state index in [1.54, 1.807) is 19.1 Å². The number of carbonyl (C=O) groups is 2. The van der Waals surface area contributed by atoms with Gasteiger partial charge >= 0.3 is 6.09 Å². The Labute approximate surface area is 182 Å². The van der Waals surface area contributed by atoms with E-state index in [0.29, 0.717) is 0 Å². The van der Waals surface area contributed by atoms with Gasteiger partial charge in [-0.2, -0.15) is 0 Å². The van der Waals surface area contributed by atoms with Crippen LogP contribution in [-0.2, 0) is 11.3 Å². The first kappa shape index (κ1) is 21.6. The molecule has 0 fully saturated rings. The van der Waals surface area contributed by atoms with Crippen LogP contribution in [0.1, 0.15) is 36.7 Å². The van der Waals surface area contributed by atoms with E-state index < -0.39 is 23.4 Å². The minimum Gasteiger partial charge on any atom is -0.441 e. The average molecular weight is 484 g/mol. The molecule has 2 aromatic carbocycles. The van der Waals surface area contributed by atoms with Crippen LogP contribution in [0, 0.1) is 11.7 Å². The number of amides is 2. The first-order valence-electron chi connectivity index (χ1n) is 9.13. The lowest BCUT2D eigenvalue weighted by Crippen LogP contribution is -2.47. The number of anilines is 1. The highest BCUT2D eigenvalue weighted by Crippen LogP contribution is 2.32. The summed E-state index contributed by atoms with van der Waals surface area (Å²) in [7, 11) is 0. The first-order chi connectivity index (χ1) is 13.6. The summed E-state index contributed by atoms with van der Waals surface area (Å²) in [4.78, 5) is 27.2. The lowest BCUT2D eigenvalue weighted by Gasteiger charge is -2.34. The molecule has 29 heavy (non-hydrogen) atoms. The molecule has 1 heterocycles. The maximum atomic E-state index is 14.8. The van der Waals surface area contributed by atoms with Crippen LogP contribution in [0.3, 0.4) is 0 Å². The highest BCUT2D eigenvalue weighted by Gasteiger charge is 2.39. The zero-order valence-corrected chi connectivity index (χ0v) is 18.6. The zero-order chi connectivity index (χ0) is 21.3. The Morgan fingerprint density at radius 1 is 1.24 bits per heavy atom. The van der Waals surface area contributed by atoms with E-state index in [1.165, 1.54) is 12.1 Å². The molecule has 2 amide bonds. The molecule has 0 bridgehead atoms. The third-order valence-electron chi connectivity index (χ3n) is 5.20. The van der Waals surface area contributed by atoms with E-state index in [1.807, 2.05) is 26.0 Å². The average Bonchev–Trinajstić information content (AvgIpc) is 2.70. The third-order valence-corrected chi connectivity index (χ3v) is 6.02. The van der Waals surface area contributed by atoms with Crippen molar-refractivity contribution < 1.29 is 18.7 Å². The topological polar surface area (TPSA) is 58.6 Å². The number of nitrogens with one attached hydrogen (secondary N) is 1. The van der Waals surface area contributed by atoms with E-state index in [9.17, 15) is 14.0 Å². The molecule has 0 saturated carbocycles. The van der Waals surface area contributed by atoms with E-state index >= 15 is 0 Å². The molecule has 0 spiro atoms. The van der Waals surface area contributed by atoms with Gasteiger partial charge in [-0.1, -0.05) is 53.5 Å². The van der Waals surface area contributed by atoms with Crippen LogP contribution in [0.15, 0.2) is 40.9 Å². The summed E-state index contributed by atoms with van der Waals surface area (Å²) in [6.45, 7) is 5.65. The molecule has 1 aliphatic heterocycles. The number of rotatable bonds is 3. The summed E-state index contributed by atoms with van der Waals surface area (Å²) >= 11 is 9.29. The van der Waals surface area contributed by atoms with Crippen molar-refractivity contribution in [1.82, 2.24) is 4.90 Å². The van der Waals surface area contributed by atoms with Gasteiger partial charge in [0.2, 0.25) is 0 Å². The minimum atomic E-state index is -0.967. The Hall–Kier alpha value is -2.12. The number of nitrogens with zero attached hydrogens (tertiary/aromatic N) is 1. The molecule has 1 atom stereocenters. The summed E-state index contributed by atoms with van der Waals surface area (Å²) < 4.78 is 21.4. The monoisotopic (exact) mass is 482 g/mol. The highest BCUT2D eigenvalue weighted by atomic mass is 79.9. The van der Waals surface area contributed by atoms with Crippen LogP contribution in [0.25, 0.3) is 0 Å². The summed E-state index contributed by atoms with van der Waals surface area (Å²) in [5, 5.41) is 2.83. The van der Waals surface area contributed by atoms with Gasteiger partial charge in [0, 0.05) is 4.47 Å². The number of halogens is 3. The van der Waals surface area contributed by atoms with Crippen molar-refractivity contribution in [3.63, 3.8) is 0 Å². The maximum Gasteiger partial charge on any atom is 0.417 e. The fourth-order valence-electron chi connectivity index (χ4n) is 2.92. The highest BCUT2D eigenvalue weighted by molar-refractivity contribution is 9.10. The van der Waals surface area contributed by atoms with E-state index in [2.05, 4.69) is 21.2 Å². The summed E-state index contributed by atoms with van der Waals surface area (Å²) in [6.07, 6.45) is -0.779. The molecule has 8 heteroatoms. The SMILES string of the molecule is CC(C)C1(C)CNc2c(ccc(Cl)c2F)C(=O)N(Cc2ccc(Br)cc2)C(=O)O1. The second-order valence-corrected chi connectivity index (χ2v) is 8.81. The van der Waals surface area contributed by atoms with Gasteiger partial charge in [0.25, 0.3) is 5.91 Å². The largest absolute Gasteiger partial charge is 0.441 e. The second-order valence-electron chi connectivity index (χ2n) is 7.49. The summed E-state index contributed by atoms with van der Waals surface area (Å²) in [5.41, 5.74) is -0.249. The fraction of sp³-hybridized carbons (Fsp3) is 0.333. The van der Waals surface area contributed by atoms with Gasteiger partial charge in [-0.25, -0.2) is 14.1 Å². The Kier molecular flexibility index (Phi) is 6.19. The molecular formula is C21H21BrClFN2O3. The van der Waals surface area contributed by atoms with Crippen molar-refractivity contribution >= 4 is 45.2 Å². The number of hydrogen-bond donors (Lipinski definition) is 1. The molecule has 3 rings (SSSR count). The number of imide groups is 1. The Morgan fingerprint density at radius 2 is 1.90 bits per heavy atom. The number of benzene rings is 2. The van der Waals surface area contributed by atoms with Crippen LogP contribution >= 0.6 is 27.5 Å². The van der Waals surface area contributed by atoms with E-state index in [0.717, 1.165) is 14.9 Å². The predicted octanol–water partition coefficient (Wildman–Crippen LogP) is 5.86. The Morgan fingerprint density at radius 3 is 2.52 bits per heavy atom. The summed E-state index contributed by atoms with van der Waals surface area (Å²) in [6, 6.07) is 9.93. The first-order valence-corrected chi connectivity index (χ1v) is 10.3. The molecule has 0 aromatic heterocycles. The van der Waals surface area contributed by atoms with Crippen molar-refractivity contribution in [2.75, 3.05) is 11.9 Å². The summed E-state index contributed by atoms with van der Waals surface area (Å²) in [5.74, 6) is -1.49. The number of cyclic esters (lactones) is 1. The molecule has 0 saturated heterocycles. The molecule has 0 radical (unpaired) electrons. The van der Waals surface area contributed by atoms with Gasteiger partial charge in [-0.05, 0) is 42.7 Å². The molecule has 1 unspecified atom stereocenters. The molecule has 1 aliphatic rings. The normalized spacial score (nSPS) is 19.8. The number of ether oxygens (including phenoxy) is 1. The fourth-order valence-corrected chi connectivity index (χ4v) is 3.34. The smallest absolute Gasteiger partial charge is 0.417 e. The standard InChI is InChI=1S/C21H21BrClFN2O3/c1-12(2)21(3)11-25-18-15(8-9-16(23)17(18)24)19(27)26(20(28)29-21)10-13-4-6-14(22)7-5-13/h4-9,12,25H,10-11H2,1-3H3. The molecule has 5 nitrogen and oxygen atoms in total. The lowest BCUT2D eigenvalue weighted by atomic mass is 9.92. The quantitative estimate of drug-likeness (QED) is 0.594. The van der Waals surface area contributed by atoms with Crippen molar-refractivity contribution in [3.05, 3.63) is 62.8 Å². The van der Waals surface area contributed by atoms with E-state index in [4.69, 9.17) is 16.3 Å². The maximum absolute atomic E-state index is 14.8. The zero-order valence-electron chi connectivity index (χ0n) is 16.3. The predicted molar refractivity (Wildman–Crippen MR) is 114 cm³/mol. The second kappa shape index (κ2) is 8.32. The lowest BCUT2D eigenvalue weighted by molar-refractivity contribution is -0.0164. The van der Waals surface area contributed by atoms with Crippen LogP contribution in [0.2, 0.25) is 5.02 Å². The number of hydrogen-bond acceptors (Lipinski definition) is 4. The number of fused-ring (bicyclic) bond motifs is 1. The Balaban J connectivity index is 2.10. The molecule has 1 N–H and O–H groups in total. The third kappa shape index (κ3) is 4.41. The van der Waals surface area contributed by atoms with Gasteiger partial charge in [-0.15, -0.1) is 0 Å². The van der Waals surface area contributed by atoms with Crippen molar-refractivity contribution in [2.24, 2.45) is 5.92 Å². The Bertz CT molecular complexity index is 952. The van der Waals surface area contributed by atoms with Crippen molar-refractivity contribution in [3.8, 4) is 0 Å². The van der Waals surface area contributed by atoms with Crippen molar-refractivity contribution in [1.29, 1.82) is 0 Å². The molecule has 2 aromatic rings. The van der Waals surface area contributed by atoms with Crippen LogP contribution < -0.4 is 5.32 Å². The van der Waals surface area contributed by atoms with E-state index in [-0.39, 0.29) is 35.3 Å². The molecule has 0 aliphatic carbocycles. The molecule has 154 valence electrons. The van der Waals surface area contributed by atoms with Gasteiger partial charge < -0.3 is 10.1 Å². The van der Waals surface area contributed by atoms with Crippen LogP contribution in [-0.4, -0.2) is 29.0 Å². The van der Waals surface area contributed by atoms with Crippen molar-refractivity contribution in [2.45, 2.75) is 32.9 Å². The van der Waals surface area contributed by atoms with Gasteiger partial charge in [0.15, 0.2) is 5.82 Å². The minimum absolute atomic E-state index is 0.0111. The van der Waals surface area contributed by atoms with Gasteiger partial charge in [-0.3, -0.25) is 4.79 Å². The van der Waals surface area contributed by atoms with Crippen LogP contribution in [0.5, 0.6) is 0 Å². The number of carbonyl (C=O) groups excluding carboxylic acids is 2. The van der Waals surface area contributed by atoms with Gasteiger partial charge in [0.05, 0.1) is 29.4 Å².